The summed E-state index contributed by atoms with van der Waals surface area (Å²) in [5, 5.41) is 8.89. The molecule has 15 heavy (non-hydrogen) atoms. The Balaban J connectivity index is 2.63. The van der Waals surface area contributed by atoms with Crippen molar-refractivity contribution in [3.05, 3.63) is 0 Å². The van der Waals surface area contributed by atoms with Crippen molar-refractivity contribution >= 4 is 5.91 Å². The fourth-order valence-corrected chi connectivity index (χ4v) is 1.73. The SMILES string of the molecule is CN(C(=O)C(C)(C)C#N)C1CCOCC1. The highest BCUT2D eigenvalue weighted by molar-refractivity contribution is 5.84. The summed E-state index contributed by atoms with van der Waals surface area (Å²) in [6, 6.07) is 2.26. The van der Waals surface area contributed by atoms with E-state index in [0.717, 1.165) is 12.8 Å². The molecule has 0 N–H and O–H groups in total. The van der Waals surface area contributed by atoms with E-state index in [-0.39, 0.29) is 11.9 Å². The Hall–Kier alpha value is -1.08. The summed E-state index contributed by atoms with van der Waals surface area (Å²) in [7, 11) is 1.78. The van der Waals surface area contributed by atoms with Gasteiger partial charge in [0, 0.05) is 26.3 Å². The predicted octanol–water partition coefficient (Wildman–Crippen LogP) is 1.17. The number of nitrogens with zero attached hydrogens (tertiary/aromatic N) is 2. The van der Waals surface area contributed by atoms with Gasteiger partial charge in [-0.2, -0.15) is 5.26 Å². The zero-order chi connectivity index (χ0) is 11.5. The van der Waals surface area contributed by atoms with Crippen molar-refractivity contribution in [1.82, 2.24) is 4.90 Å². The van der Waals surface area contributed by atoms with Gasteiger partial charge >= 0.3 is 0 Å². The molecule has 1 aliphatic heterocycles. The van der Waals surface area contributed by atoms with E-state index in [1.807, 2.05) is 6.07 Å². The molecule has 0 unspecified atom stereocenters. The molecule has 1 fully saturated rings. The second kappa shape index (κ2) is 4.63. The zero-order valence-electron chi connectivity index (χ0n) is 9.62. The van der Waals surface area contributed by atoms with Crippen LogP contribution in [0.4, 0.5) is 0 Å². The van der Waals surface area contributed by atoms with Crippen LogP contribution in [0.2, 0.25) is 0 Å². The molecule has 84 valence electrons. The van der Waals surface area contributed by atoms with Crippen molar-refractivity contribution in [2.45, 2.75) is 32.7 Å². The first-order chi connectivity index (χ1) is 6.99. The fourth-order valence-electron chi connectivity index (χ4n) is 1.73. The van der Waals surface area contributed by atoms with Gasteiger partial charge in [-0.15, -0.1) is 0 Å². The van der Waals surface area contributed by atoms with Crippen LogP contribution in [0.3, 0.4) is 0 Å². The first-order valence-electron chi connectivity index (χ1n) is 5.25. The maximum absolute atomic E-state index is 12.0. The highest BCUT2D eigenvalue weighted by Gasteiger charge is 2.33. The summed E-state index contributed by atoms with van der Waals surface area (Å²) in [4.78, 5) is 13.7. The minimum Gasteiger partial charge on any atom is -0.381 e. The van der Waals surface area contributed by atoms with Crippen molar-refractivity contribution in [3.63, 3.8) is 0 Å². The average molecular weight is 210 g/mol. The Morgan fingerprint density at radius 3 is 2.47 bits per heavy atom. The largest absolute Gasteiger partial charge is 0.381 e. The summed E-state index contributed by atoms with van der Waals surface area (Å²) in [6.45, 7) is 4.72. The van der Waals surface area contributed by atoms with E-state index in [1.165, 1.54) is 0 Å². The van der Waals surface area contributed by atoms with Gasteiger partial charge in [-0.3, -0.25) is 4.79 Å². The summed E-state index contributed by atoms with van der Waals surface area (Å²) >= 11 is 0. The van der Waals surface area contributed by atoms with Crippen LogP contribution in [-0.4, -0.2) is 37.1 Å². The first kappa shape index (κ1) is 12.0. The van der Waals surface area contributed by atoms with Crippen LogP contribution in [0, 0.1) is 16.7 Å². The number of amides is 1. The lowest BCUT2D eigenvalue weighted by molar-refractivity contribution is -0.140. The second-order valence-corrected chi connectivity index (χ2v) is 4.50. The Bertz CT molecular complexity index is 275. The molecule has 1 heterocycles. The fraction of sp³-hybridized carbons (Fsp3) is 0.818. The maximum Gasteiger partial charge on any atom is 0.242 e. The molecular formula is C11H18N2O2. The Kier molecular flexibility index (Phi) is 3.70. The molecule has 0 aromatic rings. The van der Waals surface area contributed by atoms with Gasteiger partial charge in [0.2, 0.25) is 5.91 Å². The minimum atomic E-state index is -0.924. The van der Waals surface area contributed by atoms with Crippen LogP contribution in [0.5, 0.6) is 0 Å². The number of rotatable bonds is 2. The first-order valence-corrected chi connectivity index (χ1v) is 5.25. The van der Waals surface area contributed by atoms with E-state index in [0.29, 0.717) is 13.2 Å². The monoisotopic (exact) mass is 210 g/mol. The van der Waals surface area contributed by atoms with E-state index >= 15 is 0 Å². The lowest BCUT2D eigenvalue weighted by atomic mass is 9.92. The maximum atomic E-state index is 12.0. The van der Waals surface area contributed by atoms with Gasteiger partial charge in [0.15, 0.2) is 0 Å². The van der Waals surface area contributed by atoms with E-state index < -0.39 is 5.41 Å². The van der Waals surface area contributed by atoms with Gasteiger partial charge in [0.05, 0.1) is 6.07 Å². The third-order valence-corrected chi connectivity index (χ3v) is 2.87. The van der Waals surface area contributed by atoms with Gasteiger partial charge in [-0.05, 0) is 26.7 Å². The van der Waals surface area contributed by atoms with E-state index in [2.05, 4.69) is 0 Å². The van der Waals surface area contributed by atoms with Crippen LogP contribution in [-0.2, 0) is 9.53 Å². The van der Waals surface area contributed by atoms with Crippen molar-refractivity contribution in [2.24, 2.45) is 5.41 Å². The number of carbonyl (C=O) groups is 1. The third kappa shape index (κ3) is 2.69. The molecule has 1 rings (SSSR count). The van der Waals surface area contributed by atoms with Gasteiger partial charge in [-0.1, -0.05) is 0 Å². The standard InChI is InChI=1S/C11H18N2O2/c1-11(2,8-12)10(14)13(3)9-4-6-15-7-5-9/h9H,4-7H2,1-3H3. The Labute approximate surface area is 90.8 Å². The Morgan fingerprint density at radius 1 is 1.47 bits per heavy atom. The molecule has 4 nitrogen and oxygen atoms in total. The lowest BCUT2D eigenvalue weighted by Gasteiger charge is -2.34. The summed E-state index contributed by atoms with van der Waals surface area (Å²) in [6.07, 6.45) is 1.73. The van der Waals surface area contributed by atoms with Gasteiger partial charge in [0.1, 0.15) is 5.41 Å². The number of carbonyl (C=O) groups excluding carboxylic acids is 1. The van der Waals surface area contributed by atoms with E-state index in [1.54, 1.807) is 25.8 Å². The molecule has 0 spiro atoms. The van der Waals surface area contributed by atoms with Gasteiger partial charge < -0.3 is 9.64 Å². The van der Waals surface area contributed by atoms with Crippen LogP contribution in [0.15, 0.2) is 0 Å². The summed E-state index contributed by atoms with van der Waals surface area (Å²) < 4.78 is 5.24. The zero-order valence-corrected chi connectivity index (χ0v) is 9.62. The Morgan fingerprint density at radius 2 is 2.00 bits per heavy atom. The van der Waals surface area contributed by atoms with Crippen molar-refractivity contribution in [2.75, 3.05) is 20.3 Å². The second-order valence-electron chi connectivity index (χ2n) is 4.50. The number of hydrogen-bond donors (Lipinski definition) is 0. The lowest BCUT2D eigenvalue weighted by Crippen LogP contribution is -2.46. The molecular weight excluding hydrogens is 192 g/mol. The van der Waals surface area contributed by atoms with Crippen LogP contribution in [0.1, 0.15) is 26.7 Å². The summed E-state index contributed by atoms with van der Waals surface area (Å²) in [5.74, 6) is -0.100. The smallest absolute Gasteiger partial charge is 0.242 e. The molecule has 0 radical (unpaired) electrons. The molecule has 0 bridgehead atoms. The van der Waals surface area contributed by atoms with Crippen LogP contribution >= 0.6 is 0 Å². The molecule has 0 atom stereocenters. The van der Waals surface area contributed by atoms with Crippen LogP contribution < -0.4 is 0 Å². The highest BCUT2D eigenvalue weighted by Crippen LogP contribution is 2.21. The molecule has 0 saturated carbocycles. The molecule has 1 saturated heterocycles. The topological polar surface area (TPSA) is 53.3 Å². The molecule has 0 aliphatic carbocycles. The molecule has 1 amide bonds. The van der Waals surface area contributed by atoms with Crippen LogP contribution in [0.25, 0.3) is 0 Å². The van der Waals surface area contributed by atoms with E-state index in [9.17, 15) is 4.79 Å². The molecule has 1 aliphatic rings. The third-order valence-electron chi connectivity index (χ3n) is 2.87. The van der Waals surface area contributed by atoms with Crippen molar-refractivity contribution in [1.29, 1.82) is 5.26 Å². The number of ether oxygens (including phenoxy) is 1. The predicted molar refractivity (Wildman–Crippen MR) is 56.0 cm³/mol. The number of hydrogen-bond acceptors (Lipinski definition) is 3. The van der Waals surface area contributed by atoms with Gasteiger partial charge in [0.25, 0.3) is 0 Å². The molecule has 4 heteroatoms. The van der Waals surface area contributed by atoms with E-state index in [4.69, 9.17) is 10.00 Å². The normalized spacial score (nSPS) is 18.3. The van der Waals surface area contributed by atoms with Crippen molar-refractivity contribution < 1.29 is 9.53 Å². The van der Waals surface area contributed by atoms with Gasteiger partial charge in [-0.25, -0.2) is 0 Å². The number of nitriles is 1. The molecule has 0 aromatic carbocycles. The summed E-state index contributed by atoms with van der Waals surface area (Å²) in [5.41, 5.74) is -0.924. The molecule has 0 aromatic heterocycles. The highest BCUT2D eigenvalue weighted by atomic mass is 16.5. The quantitative estimate of drug-likeness (QED) is 0.687. The average Bonchev–Trinajstić information content (AvgIpc) is 2.28. The minimum absolute atomic E-state index is 0.100. The van der Waals surface area contributed by atoms with Crippen molar-refractivity contribution in [3.8, 4) is 6.07 Å².